The van der Waals surface area contributed by atoms with Crippen LogP contribution >= 0.6 is 0 Å². The van der Waals surface area contributed by atoms with Crippen LogP contribution in [0.2, 0.25) is 0 Å². The lowest BCUT2D eigenvalue weighted by Crippen LogP contribution is -2.33. The second kappa shape index (κ2) is 5.97. The number of carbonyl (C=O) groups excluding carboxylic acids is 1. The molecule has 0 bridgehead atoms. The van der Waals surface area contributed by atoms with Crippen molar-refractivity contribution in [1.82, 2.24) is 4.90 Å². The molecule has 0 aliphatic rings. The molecule has 1 amide bonds. The first-order valence-corrected chi connectivity index (χ1v) is 4.94. The number of hydrogen-bond donors (Lipinski definition) is 1. The molecule has 0 heterocycles. The molecule has 0 aliphatic carbocycles. The van der Waals surface area contributed by atoms with Crippen LogP contribution in [0.4, 0.5) is 4.79 Å². The van der Waals surface area contributed by atoms with Crippen LogP contribution in [0.5, 0.6) is 11.5 Å². The highest BCUT2D eigenvalue weighted by Crippen LogP contribution is 2.17. The number of amides is 1. The first-order valence-electron chi connectivity index (χ1n) is 4.94. The number of methoxy groups -OCH3 is 1. The summed E-state index contributed by atoms with van der Waals surface area (Å²) >= 11 is 0. The van der Waals surface area contributed by atoms with Crippen molar-refractivity contribution < 1.29 is 14.3 Å². The zero-order chi connectivity index (χ0) is 12.0. The van der Waals surface area contributed by atoms with E-state index in [1.54, 1.807) is 38.4 Å². The van der Waals surface area contributed by atoms with Gasteiger partial charge in [0.15, 0.2) is 0 Å². The minimum Gasteiger partial charge on any atom is -0.497 e. The predicted octanol–water partition coefficient (Wildman–Crippen LogP) is 1.08. The number of likely N-dealkylation sites (N-methyl/N-ethyl adjacent to an activating group) is 1. The standard InChI is InChI=1S/C11H16N2O3/c1-13(8-7-12)11(14)16-10-5-3-9(15-2)4-6-10/h3-6H,7-8,12H2,1-2H3. The van der Waals surface area contributed by atoms with Crippen LogP contribution in [0.15, 0.2) is 24.3 Å². The van der Waals surface area contributed by atoms with Crippen LogP contribution in [0.25, 0.3) is 0 Å². The number of hydrogen-bond acceptors (Lipinski definition) is 4. The molecule has 1 rings (SSSR count). The molecule has 5 nitrogen and oxygen atoms in total. The molecule has 88 valence electrons. The Hall–Kier alpha value is -1.75. The summed E-state index contributed by atoms with van der Waals surface area (Å²) in [6.45, 7) is 0.878. The van der Waals surface area contributed by atoms with Gasteiger partial charge in [-0.15, -0.1) is 0 Å². The Morgan fingerprint density at radius 2 is 1.88 bits per heavy atom. The van der Waals surface area contributed by atoms with Crippen molar-refractivity contribution in [3.63, 3.8) is 0 Å². The number of rotatable bonds is 4. The highest BCUT2D eigenvalue weighted by atomic mass is 16.6. The van der Waals surface area contributed by atoms with Gasteiger partial charge in [-0.25, -0.2) is 4.79 Å². The van der Waals surface area contributed by atoms with Gasteiger partial charge in [0.2, 0.25) is 0 Å². The molecule has 0 fully saturated rings. The molecule has 1 aromatic rings. The van der Waals surface area contributed by atoms with Crippen molar-refractivity contribution >= 4 is 6.09 Å². The van der Waals surface area contributed by atoms with E-state index in [2.05, 4.69) is 0 Å². The largest absolute Gasteiger partial charge is 0.497 e. The molecule has 0 atom stereocenters. The number of nitrogens with zero attached hydrogens (tertiary/aromatic N) is 1. The highest BCUT2D eigenvalue weighted by molar-refractivity contribution is 5.70. The first-order chi connectivity index (χ1) is 7.67. The second-order valence-corrected chi connectivity index (χ2v) is 3.25. The van der Waals surface area contributed by atoms with E-state index in [4.69, 9.17) is 15.2 Å². The lowest BCUT2D eigenvalue weighted by molar-refractivity contribution is 0.164. The van der Waals surface area contributed by atoms with Crippen molar-refractivity contribution in [2.75, 3.05) is 27.2 Å². The Morgan fingerprint density at radius 1 is 1.31 bits per heavy atom. The van der Waals surface area contributed by atoms with Gasteiger partial charge in [-0.3, -0.25) is 0 Å². The van der Waals surface area contributed by atoms with Crippen LogP contribution in [0.3, 0.4) is 0 Å². The van der Waals surface area contributed by atoms with E-state index in [0.29, 0.717) is 18.8 Å². The summed E-state index contributed by atoms with van der Waals surface area (Å²) in [6, 6.07) is 6.80. The van der Waals surface area contributed by atoms with Crippen LogP contribution in [0.1, 0.15) is 0 Å². The zero-order valence-electron chi connectivity index (χ0n) is 9.47. The Labute approximate surface area is 94.7 Å². The maximum Gasteiger partial charge on any atom is 0.415 e. The summed E-state index contributed by atoms with van der Waals surface area (Å²) < 4.78 is 10.1. The van der Waals surface area contributed by atoms with Gasteiger partial charge < -0.3 is 20.1 Å². The summed E-state index contributed by atoms with van der Waals surface area (Å²) in [5, 5.41) is 0. The van der Waals surface area contributed by atoms with Gasteiger partial charge in [0, 0.05) is 20.1 Å². The summed E-state index contributed by atoms with van der Waals surface area (Å²) in [6.07, 6.45) is -0.421. The molecular weight excluding hydrogens is 208 g/mol. The molecule has 0 radical (unpaired) electrons. The van der Waals surface area contributed by atoms with E-state index < -0.39 is 6.09 Å². The van der Waals surface area contributed by atoms with Crippen molar-refractivity contribution in [3.8, 4) is 11.5 Å². The van der Waals surface area contributed by atoms with E-state index in [1.165, 1.54) is 4.90 Å². The molecule has 16 heavy (non-hydrogen) atoms. The van der Waals surface area contributed by atoms with Crippen molar-refractivity contribution in [2.24, 2.45) is 5.73 Å². The predicted molar refractivity (Wildman–Crippen MR) is 60.7 cm³/mol. The van der Waals surface area contributed by atoms with Gasteiger partial charge in [0.25, 0.3) is 0 Å². The zero-order valence-corrected chi connectivity index (χ0v) is 9.47. The van der Waals surface area contributed by atoms with E-state index in [9.17, 15) is 4.79 Å². The first kappa shape index (κ1) is 12.3. The van der Waals surface area contributed by atoms with Crippen LogP contribution in [0, 0.1) is 0 Å². The van der Waals surface area contributed by atoms with Gasteiger partial charge in [0.1, 0.15) is 11.5 Å². The van der Waals surface area contributed by atoms with Gasteiger partial charge in [-0.05, 0) is 24.3 Å². The smallest absolute Gasteiger partial charge is 0.415 e. The molecule has 1 aromatic carbocycles. The third-order valence-electron chi connectivity index (χ3n) is 2.04. The maximum atomic E-state index is 11.5. The van der Waals surface area contributed by atoms with E-state index in [1.807, 2.05) is 0 Å². The molecular formula is C11H16N2O3. The Bertz CT molecular complexity index is 338. The van der Waals surface area contributed by atoms with Crippen molar-refractivity contribution in [2.45, 2.75) is 0 Å². The molecule has 0 saturated carbocycles. The lowest BCUT2D eigenvalue weighted by Gasteiger charge is -2.15. The van der Waals surface area contributed by atoms with Crippen molar-refractivity contribution in [3.05, 3.63) is 24.3 Å². The van der Waals surface area contributed by atoms with Crippen LogP contribution in [-0.4, -0.2) is 38.2 Å². The topological polar surface area (TPSA) is 64.8 Å². The lowest BCUT2D eigenvalue weighted by atomic mass is 10.3. The SMILES string of the molecule is COc1ccc(OC(=O)N(C)CCN)cc1. The second-order valence-electron chi connectivity index (χ2n) is 3.25. The fraction of sp³-hybridized carbons (Fsp3) is 0.364. The number of carbonyl (C=O) groups is 1. The van der Waals surface area contributed by atoms with Gasteiger partial charge in [-0.1, -0.05) is 0 Å². The number of nitrogens with two attached hydrogens (primary N) is 1. The molecule has 0 aliphatic heterocycles. The quantitative estimate of drug-likeness (QED) is 0.831. The molecule has 0 aromatic heterocycles. The Kier molecular flexibility index (Phi) is 4.60. The third kappa shape index (κ3) is 3.43. The van der Waals surface area contributed by atoms with Crippen LogP contribution in [-0.2, 0) is 0 Å². The average Bonchev–Trinajstić information content (AvgIpc) is 2.30. The summed E-state index contributed by atoms with van der Waals surface area (Å²) in [7, 11) is 3.22. The van der Waals surface area contributed by atoms with Crippen LogP contribution < -0.4 is 15.2 Å². The minimum atomic E-state index is -0.421. The third-order valence-corrected chi connectivity index (χ3v) is 2.04. The fourth-order valence-electron chi connectivity index (χ4n) is 1.11. The molecule has 5 heteroatoms. The molecule has 0 spiro atoms. The minimum absolute atomic E-state index is 0.411. The Balaban J connectivity index is 2.55. The van der Waals surface area contributed by atoms with Gasteiger partial charge >= 0.3 is 6.09 Å². The van der Waals surface area contributed by atoms with E-state index >= 15 is 0 Å². The maximum absolute atomic E-state index is 11.5. The Morgan fingerprint density at radius 3 is 2.38 bits per heavy atom. The van der Waals surface area contributed by atoms with Gasteiger partial charge in [0.05, 0.1) is 7.11 Å². The average molecular weight is 224 g/mol. The molecule has 0 saturated heterocycles. The van der Waals surface area contributed by atoms with E-state index in [-0.39, 0.29) is 0 Å². The van der Waals surface area contributed by atoms with Crippen molar-refractivity contribution in [1.29, 1.82) is 0 Å². The number of ether oxygens (including phenoxy) is 2. The monoisotopic (exact) mass is 224 g/mol. The number of benzene rings is 1. The molecule has 0 unspecified atom stereocenters. The summed E-state index contributed by atoms with van der Waals surface area (Å²) in [5.41, 5.74) is 5.33. The molecule has 2 N–H and O–H groups in total. The summed E-state index contributed by atoms with van der Waals surface area (Å²) in [4.78, 5) is 12.9. The fourth-order valence-corrected chi connectivity index (χ4v) is 1.11. The normalized spacial score (nSPS) is 9.69. The highest BCUT2D eigenvalue weighted by Gasteiger charge is 2.09. The summed E-state index contributed by atoms with van der Waals surface area (Å²) in [5.74, 6) is 1.20. The van der Waals surface area contributed by atoms with E-state index in [0.717, 1.165) is 5.75 Å². The van der Waals surface area contributed by atoms with Gasteiger partial charge in [-0.2, -0.15) is 0 Å².